The fraction of sp³-hybridized carbons (Fsp3) is 0.357. The van der Waals surface area contributed by atoms with Crippen LogP contribution in [0.4, 0.5) is 5.69 Å². The number of pyridine rings is 1. The van der Waals surface area contributed by atoms with E-state index >= 15 is 0 Å². The number of anilines is 1. The third-order valence-electron chi connectivity index (χ3n) is 3.24. The first-order valence-electron chi connectivity index (χ1n) is 6.14. The van der Waals surface area contributed by atoms with Gasteiger partial charge in [-0.1, -0.05) is 18.2 Å². The number of benzene rings is 1. The molecule has 2 aromatic rings. The van der Waals surface area contributed by atoms with Crippen molar-refractivity contribution in [3.05, 3.63) is 35.5 Å². The van der Waals surface area contributed by atoms with Crippen LogP contribution in [0.25, 0.3) is 10.9 Å². The third kappa shape index (κ3) is 1.98. The Hall–Kier alpha value is -1.61. The number of aromatic nitrogens is 1. The van der Waals surface area contributed by atoms with Gasteiger partial charge in [-0.25, -0.2) is 0 Å². The molecular weight excluding hydrogens is 210 g/mol. The monoisotopic (exact) mass is 227 g/mol. The Morgan fingerprint density at radius 1 is 1.41 bits per heavy atom. The highest BCUT2D eigenvalue weighted by Crippen LogP contribution is 2.30. The van der Waals surface area contributed by atoms with Crippen LogP contribution in [-0.2, 0) is 6.54 Å². The second kappa shape index (κ2) is 4.00. The van der Waals surface area contributed by atoms with Crippen LogP contribution in [0.3, 0.4) is 0 Å². The summed E-state index contributed by atoms with van der Waals surface area (Å²) in [7, 11) is 0. The van der Waals surface area contributed by atoms with Gasteiger partial charge in [0.15, 0.2) is 0 Å². The summed E-state index contributed by atoms with van der Waals surface area (Å²) in [5.74, 6) is 0. The van der Waals surface area contributed by atoms with Crippen molar-refractivity contribution in [2.75, 3.05) is 5.32 Å². The van der Waals surface area contributed by atoms with Gasteiger partial charge in [0.05, 0.1) is 11.2 Å². The van der Waals surface area contributed by atoms with E-state index in [1.165, 1.54) is 29.5 Å². The molecule has 17 heavy (non-hydrogen) atoms. The van der Waals surface area contributed by atoms with Crippen molar-refractivity contribution in [2.45, 2.75) is 32.4 Å². The molecule has 0 saturated heterocycles. The maximum atomic E-state index is 5.72. The minimum absolute atomic E-state index is 0.490. The highest BCUT2D eigenvalue weighted by molar-refractivity contribution is 5.93. The maximum Gasteiger partial charge on any atom is 0.0755 e. The van der Waals surface area contributed by atoms with Crippen LogP contribution in [0.1, 0.15) is 24.1 Å². The van der Waals surface area contributed by atoms with E-state index in [1.54, 1.807) is 0 Å². The number of hydrogen-bond acceptors (Lipinski definition) is 3. The van der Waals surface area contributed by atoms with Gasteiger partial charge < -0.3 is 11.1 Å². The number of nitrogens with two attached hydrogens (primary N) is 1. The molecule has 0 amide bonds. The van der Waals surface area contributed by atoms with Crippen molar-refractivity contribution in [2.24, 2.45) is 5.73 Å². The summed E-state index contributed by atoms with van der Waals surface area (Å²) in [4.78, 5) is 4.62. The molecule has 0 unspecified atom stereocenters. The van der Waals surface area contributed by atoms with Gasteiger partial charge in [0.25, 0.3) is 0 Å². The van der Waals surface area contributed by atoms with E-state index in [-0.39, 0.29) is 0 Å². The molecule has 1 aromatic carbocycles. The molecule has 1 saturated carbocycles. The van der Waals surface area contributed by atoms with Crippen LogP contribution in [-0.4, -0.2) is 11.0 Å². The zero-order valence-electron chi connectivity index (χ0n) is 10.0. The van der Waals surface area contributed by atoms with Gasteiger partial charge >= 0.3 is 0 Å². The molecule has 1 aromatic heterocycles. The zero-order chi connectivity index (χ0) is 11.8. The van der Waals surface area contributed by atoms with E-state index in [4.69, 9.17) is 5.73 Å². The summed E-state index contributed by atoms with van der Waals surface area (Å²) < 4.78 is 0. The lowest BCUT2D eigenvalue weighted by Crippen LogP contribution is -2.06. The third-order valence-corrected chi connectivity index (χ3v) is 3.24. The Bertz CT molecular complexity index is 559. The number of hydrogen-bond donors (Lipinski definition) is 2. The van der Waals surface area contributed by atoms with Gasteiger partial charge in [0.1, 0.15) is 0 Å². The summed E-state index contributed by atoms with van der Waals surface area (Å²) in [5.41, 5.74) is 10.1. The van der Waals surface area contributed by atoms with Gasteiger partial charge in [0, 0.05) is 23.7 Å². The number of rotatable bonds is 3. The molecule has 88 valence electrons. The molecule has 1 fully saturated rings. The van der Waals surface area contributed by atoms with Crippen molar-refractivity contribution in [3.63, 3.8) is 0 Å². The number of nitrogens with zero attached hydrogens (tertiary/aromatic N) is 1. The predicted molar refractivity (Wildman–Crippen MR) is 71.0 cm³/mol. The number of para-hydroxylation sites is 1. The Kier molecular flexibility index (Phi) is 2.48. The van der Waals surface area contributed by atoms with Crippen molar-refractivity contribution in [1.29, 1.82) is 0 Å². The molecule has 0 radical (unpaired) electrons. The highest BCUT2D eigenvalue weighted by atomic mass is 15.0. The van der Waals surface area contributed by atoms with Gasteiger partial charge in [-0.05, 0) is 31.4 Å². The van der Waals surface area contributed by atoms with E-state index in [0.29, 0.717) is 12.6 Å². The zero-order valence-corrected chi connectivity index (χ0v) is 10.0. The standard InChI is InChI=1S/C14H17N3/c1-9-3-2-4-12-13(16-10-5-6-10)7-11(8-15)17-14(9)12/h2-4,7,10H,5-6,8,15H2,1H3,(H,16,17). The number of fused-ring (bicyclic) bond motifs is 1. The lowest BCUT2D eigenvalue weighted by atomic mass is 10.1. The fourth-order valence-corrected chi connectivity index (χ4v) is 2.12. The van der Waals surface area contributed by atoms with Gasteiger partial charge in [-0.3, -0.25) is 4.98 Å². The molecule has 0 bridgehead atoms. The van der Waals surface area contributed by atoms with Crippen LogP contribution < -0.4 is 11.1 Å². The van der Waals surface area contributed by atoms with Gasteiger partial charge in [-0.2, -0.15) is 0 Å². The smallest absolute Gasteiger partial charge is 0.0755 e. The summed E-state index contributed by atoms with van der Waals surface area (Å²) in [5, 5.41) is 4.77. The van der Waals surface area contributed by atoms with Gasteiger partial charge in [0.2, 0.25) is 0 Å². The Morgan fingerprint density at radius 3 is 2.94 bits per heavy atom. The summed E-state index contributed by atoms with van der Waals surface area (Å²) in [6.07, 6.45) is 2.54. The molecule has 0 aliphatic heterocycles. The first-order chi connectivity index (χ1) is 8.28. The summed E-state index contributed by atoms with van der Waals surface area (Å²) in [6.45, 7) is 2.58. The Morgan fingerprint density at radius 2 is 2.24 bits per heavy atom. The lowest BCUT2D eigenvalue weighted by Gasteiger charge is -2.12. The molecule has 3 nitrogen and oxygen atoms in total. The predicted octanol–water partition coefficient (Wildman–Crippen LogP) is 2.58. The molecule has 3 rings (SSSR count). The molecule has 3 N–H and O–H groups in total. The van der Waals surface area contributed by atoms with E-state index in [9.17, 15) is 0 Å². The molecular formula is C14H17N3. The van der Waals surface area contributed by atoms with Crippen molar-refractivity contribution in [1.82, 2.24) is 4.98 Å². The first-order valence-corrected chi connectivity index (χ1v) is 6.14. The Balaban J connectivity index is 2.19. The number of aryl methyl sites for hydroxylation is 1. The number of nitrogens with one attached hydrogen (secondary N) is 1. The van der Waals surface area contributed by atoms with Crippen LogP contribution >= 0.6 is 0 Å². The average molecular weight is 227 g/mol. The lowest BCUT2D eigenvalue weighted by molar-refractivity contribution is 1.00. The maximum absolute atomic E-state index is 5.72. The largest absolute Gasteiger partial charge is 0.382 e. The molecule has 0 atom stereocenters. The minimum atomic E-state index is 0.490. The van der Waals surface area contributed by atoms with Crippen molar-refractivity contribution < 1.29 is 0 Å². The first kappa shape index (κ1) is 10.5. The molecule has 0 spiro atoms. The molecule has 1 aliphatic rings. The van der Waals surface area contributed by atoms with Crippen molar-refractivity contribution in [3.8, 4) is 0 Å². The minimum Gasteiger partial charge on any atom is -0.382 e. The second-order valence-electron chi connectivity index (χ2n) is 4.75. The topological polar surface area (TPSA) is 50.9 Å². The van der Waals surface area contributed by atoms with Crippen LogP contribution in [0.15, 0.2) is 24.3 Å². The van der Waals surface area contributed by atoms with E-state index in [1.807, 2.05) is 0 Å². The average Bonchev–Trinajstić information content (AvgIpc) is 3.14. The molecule has 1 heterocycles. The highest BCUT2D eigenvalue weighted by Gasteiger charge is 2.22. The van der Waals surface area contributed by atoms with Crippen LogP contribution in [0.5, 0.6) is 0 Å². The molecule has 1 aliphatic carbocycles. The van der Waals surface area contributed by atoms with E-state index < -0.39 is 0 Å². The van der Waals surface area contributed by atoms with Gasteiger partial charge in [-0.15, -0.1) is 0 Å². The second-order valence-corrected chi connectivity index (χ2v) is 4.75. The molecule has 3 heteroatoms. The Labute approximate surface area is 101 Å². The summed E-state index contributed by atoms with van der Waals surface area (Å²) in [6, 6.07) is 9.03. The quantitative estimate of drug-likeness (QED) is 0.847. The summed E-state index contributed by atoms with van der Waals surface area (Å²) >= 11 is 0. The van der Waals surface area contributed by atoms with Crippen LogP contribution in [0, 0.1) is 6.92 Å². The normalized spacial score (nSPS) is 15.2. The van der Waals surface area contributed by atoms with Crippen molar-refractivity contribution >= 4 is 16.6 Å². The fourth-order valence-electron chi connectivity index (χ4n) is 2.12. The van der Waals surface area contributed by atoms with E-state index in [2.05, 4.69) is 41.5 Å². The van der Waals surface area contributed by atoms with E-state index in [0.717, 1.165) is 11.2 Å². The van der Waals surface area contributed by atoms with Crippen LogP contribution in [0.2, 0.25) is 0 Å². The SMILES string of the molecule is Cc1cccc2c(NC3CC3)cc(CN)nc12.